The summed E-state index contributed by atoms with van der Waals surface area (Å²) in [5, 5.41) is 9.72. The molecule has 0 saturated carbocycles. The third-order valence-electron chi connectivity index (χ3n) is 2.74. The van der Waals surface area contributed by atoms with E-state index in [9.17, 15) is 5.11 Å². The summed E-state index contributed by atoms with van der Waals surface area (Å²) in [6.07, 6.45) is 2.69. The van der Waals surface area contributed by atoms with Crippen molar-refractivity contribution in [3.05, 3.63) is 35.4 Å². The van der Waals surface area contributed by atoms with E-state index in [4.69, 9.17) is 12.2 Å². The Labute approximate surface area is 89.1 Å². The Bertz CT molecular complexity index is 421. The lowest BCUT2D eigenvalue weighted by Crippen LogP contribution is -1.92. The van der Waals surface area contributed by atoms with Crippen molar-refractivity contribution in [1.82, 2.24) is 0 Å². The maximum absolute atomic E-state index is 9.72. The Morgan fingerprint density at radius 2 is 2.29 bits per heavy atom. The van der Waals surface area contributed by atoms with E-state index in [2.05, 4.69) is 13.5 Å². The Balaban J connectivity index is 2.75. The molecule has 2 heteroatoms. The van der Waals surface area contributed by atoms with Crippen LogP contribution in [-0.4, -0.2) is 9.97 Å². The van der Waals surface area contributed by atoms with Crippen LogP contribution in [0.15, 0.2) is 18.7 Å². The van der Waals surface area contributed by atoms with Gasteiger partial charge in [0.2, 0.25) is 0 Å². The number of aromatic hydroxyl groups is 1. The van der Waals surface area contributed by atoms with Crippen molar-refractivity contribution in [1.29, 1.82) is 0 Å². The molecular formula is C12H12OS. The second kappa shape index (κ2) is 3.21. The van der Waals surface area contributed by atoms with Gasteiger partial charge in [-0.1, -0.05) is 37.9 Å². The highest BCUT2D eigenvalue weighted by atomic mass is 32.1. The highest BCUT2D eigenvalue weighted by molar-refractivity contribution is 7.80. The predicted octanol–water partition coefficient (Wildman–Crippen LogP) is 3.26. The largest absolute Gasteiger partial charge is 0.507 e. The van der Waals surface area contributed by atoms with Gasteiger partial charge in [-0.05, 0) is 29.5 Å². The van der Waals surface area contributed by atoms with Gasteiger partial charge in [0, 0.05) is 10.4 Å². The van der Waals surface area contributed by atoms with Crippen molar-refractivity contribution in [2.75, 3.05) is 0 Å². The van der Waals surface area contributed by atoms with Crippen molar-refractivity contribution >= 4 is 23.2 Å². The van der Waals surface area contributed by atoms with Gasteiger partial charge < -0.3 is 5.11 Å². The van der Waals surface area contributed by atoms with Crippen molar-refractivity contribution < 1.29 is 5.11 Å². The third kappa shape index (κ3) is 1.18. The molecule has 14 heavy (non-hydrogen) atoms. The van der Waals surface area contributed by atoms with Crippen LogP contribution in [0.3, 0.4) is 0 Å². The molecule has 1 atom stereocenters. The molecule has 72 valence electrons. The Morgan fingerprint density at radius 3 is 2.93 bits per heavy atom. The lowest BCUT2D eigenvalue weighted by molar-refractivity contribution is 0.474. The fourth-order valence-electron chi connectivity index (χ4n) is 2.11. The van der Waals surface area contributed by atoms with Gasteiger partial charge in [-0.2, -0.15) is 0 Å². The minimum absolute atomic E-state index is 0.306. The van der Waals surface area contributed by atoms with Crippen molar-refractivity contribution in [2.45, 2.75) is 19.3 Å². The summed E-state index contributed by atoms with van der Waals surface area (Å²) in [5.41, 5.74) is 3.11. The van der Waals surface area contributed by atoms with Gasteiger partial charge in [0.25, 0.3) is 0 Å². The molecule has 1 aromatic carbocycles. The van der Waals surface area contributed by atoms with E-state index >= 15 is 0 Å². The van der Waals surface area contributed by atoms with Crippen LogP contribution in [0.1, 0.15) is 36.0 Å². The van der Waals surface area contributed by atoms with E-state index in [-0.39, 0.29) is 0 Å². The van der Waals surface area contributed by atoms with Gasteiger partial charge in [0.1, 0.15) is 5.75 Å². The third-order valence-corrected chi connectivity index (χ3v) is 3.11. The minimum atomic E-state index is 0.306. The summed E-state index contributed by atoms with van der Waals surface area (Å²) in [6, 6.07) is 3.59. The summed E-state index contributed by atoms with van der Waals surface area (Å²) >= 11 is 5.25. The van der Waals surface area contributed by atoms with E-state index < -0.39 is 0 Å². The molecule has 0 aliphatic heterocycles. The zero-order valence-corrected chi connectivity index (χ0v) is 8.90. The number of fused-ring (bicyclic) bond motifs is 1. The van der Waals surface area contributed by atoms with Crippen LogP contribution in [0.4, 0.5) is 0 Å². The Hall–Kier alpha value is -1.15. The smallest absolute Gasteiger partial charge is 0.124 e. The van der Waals surface area contributed by atoms with Crippen LogP contribution in [0.5, 0.6) is 5.75 Å². The van der Waals surface area contributed by atoms with Crippen LogP contribution in [0.25, 0.3) is 6.08 Å². The molecule has 0 bridgehead atoms. The highest BCUT2D eigenvalue weighted by Gasteiger charge is 2.27. The van der Waals surface area contributed by atoms with Gasteiger partial charge in [0.15, 0.2) is 0 Å². The lowest BCUT2D eigenvalue weighted by atomic mass is 9.97. The Kier molecular flexibility index (Phi) is 2.16. The minimum Gasteiger partial charge on any atom is -0.507 e. The van der Waals surface area contributed by atoms with E-state index in [0.29, 0.717) is 11.7 Å². The first kappa shape index (κ1) is 9.41. The molecule has 1 N–H and O–H groups in total. The molecule has 1 aliphatic rings. The SMILES string of the molecule is C=Cc1ccc(O)c2c1C(C)CC2=S. The molecule has 1 nitrogen and oxygen atoms in total. The quantitative estimate of drug-likeness (QED) is 0.708. The number of thiocarbonyl (C=S) groups is 1. The normalized spacial score (nSPS) is 19.5. The number of hydrogen-bond acceptors (Lipinski definition) is 2. The first-order chi connectivity index (χ1) is 6.65. The van der Waals surface area contributed by atoms with Gasteiger partial charge >= 0.3 is 0 Å². The first-order valence-electron chi connectivity index (χ1n) is 4.66. The average Bonchev–Trinajstić information content (AvgIpc) is 2.44. The van der Waals surface area contributed by atoms with Gasteiger partial charge in [0.05, 0.1) is 0 Å². The number of rotatable bonds is 1. The molecule has 0 heterocycles. The van der Waals surface area contributed by atoms with E-state index in [1.54, 1.807) is 6.07 Å². The van der Waals surface area contributed by atoms with Crippen LogP contribution in [-0.2, 0) is 0 Å². The summed E-state index contributed by atoms with van der Waals surface area (Å²) in [4.78, 5) is 0.869. The van der Waals surface area contributed by atoms with E-state index in [1.165, 1.54) is 0 Å². The van der Waals surface area contributed by atoms with Crippen LogP contribution >= 0.6 is 12.2 Å². The summed E-state index contributed by atoms with van der Waals surface area (Å²) in [5.74, 6) is 0.706. The second-order valence-electron chi connectivity index (χ2n) is 3.70. The number of phenolic OH excluding ortho intramolecular Hbond substituents is 1. The number of phenols is 1. The molecule has 1 unspecified atom stereocenters. The molecule has 1 aliphatic carbocycles. The summed E-state index contributed by atoms with van der Waals surface area (Å²) in [7, 11) is 0. The standard InChI is InChI=1S/C12H12OS/c1-3-8-4-5-9(13)12-10(14)6-7(2)11(8)12/h3-5,7,13H,1,6H2,2H3. The van der Waals surface area contributed by atoms with Crippen molar-refractivity contribution in [3.8, 4) is 5.75 Å². The monoisotopic (exact) mass is 204 g/mol. The van der Waals surface area contributed by atoms with Crippen LogP contribution < -0.4 is 0 Å². The van der Waals surface area contributed by atoms with Crippen molar-refractivity contribution in [3.63, 3.8) is 0 Å². The predicted molar refractivity (Wildman–Crippen MR) is 62.9 cm³/mol. The van der Waals surface area contributed by atoms with Gasteiger partial charge in [-0.3, -0.25) is 0 Å². The summed E-state index contributed by atoms with van der Waals surface area (Å²) in [6.45, 7) is 5.90. The topological polar surface area (TPSA) is 20.2 Å². The molecule has 0 saturated heterocycles. The zero-order valence-electron chi connectivity index (χ0n) is 8.08. The maximum Gasteiger partial charge on any atom is 0.124 e. The van der Waals surface area contributed by atoms with Gasteiger partial charge in [-0.25, -0.2) is 0 Å². The first-order valence-corrected chi connectivity index (χ1v) is 5.07. The molecule has 0 radical (unpaired) electrons. The number of benzene rings is 1. The molecule has 0 aromatic heterocycles. The highest BCUT2D eigenvalue weighted by Crippen LogP contribution is 2.40. The van der Waals surface area contributed by atoms with E-state index in [0.717, 1.165) is 28.0 Å². The Morgan fingerprint density at radius 1 is 1.57 bits per heavy atom. The molecular weight excluding hydrogens is 192 g/mol. The molecule has 0 amide bonds. The lowest BCUT2D eigenvalue weighted by Gasteiger charge is -2.09. The average molecular weight is 204 g/mol. The van der Waals surface area contributed by atoms with E-state index in [1.807, 2.05) is 12.1 Å². The molecule has 2 rings (SSSR count). The van der Waals surface area contributed by atoms with Crippen LogP contribution in [0, 0.1) is 0 Å². The fourth-order valence-corrected chi connectivity index (χ4v) is 2.57. The maximum atomic E-state index is 9.72. The van der Waals surface area contributed by atoms with Gasteiger partial charge in [-0.15, -0.1) is 0 Å². The number of hydrogen-bond donors (Lipinski definition) is 1. The second-order valence-corrected chi connectivity index (χ2v) is 4.19. The fraction of sp³-hybridized carbons (Fsp3) is 0.250. The molecule has 0 fully saturated rings. The zero-order chi connectivity index (χ0) is 10.3. The molecule has 0 spiro atoms. The summed E-state index contributed by atoms with van der Waals surface area (Å²) < 4.78 is 0. The van der Waals surface area contributed by atoms with Crippen molar-refractivity contribution in [2.24, 2.45) is 0 Å². The molecule has 1 aromatic rings. The van der Waals surface area contributed by atoms with Crippen LogP contribution in [0.2, 0.25) is 0 Å².